The van der Waals surface area contributed by atoms with Gasteiger partial charge in [-0.15, -0.1) is 0 Å². The molecule has 4 aromatic rings. The van der Waals surface area contributed by atoms with Gasteiger partial charge in [-0.3, -0.25) is 14.1 Å². The lowest BCUT2D eigenvalue weighted by molar-refractivity contribution is 0.0375. The maximum Gasteiger partial charge on any atom is 0.146 e. The number of benzene rings is 1. The topological polar surface area (TPSA) is 60.1 Å². The highest BCUT2D eigenvalue weighted by Crippen LogP contribution is 2.29. The second-order valence-corrected chi connectivity index (χ2v) is 8.47. The van der Waals surface area contributed by atoms with Gasteiger partial charge in [0.15, 0.2) is 0 Å². The van der Waals surface area contributed by atoms with E-state index in [1.54, 1.807) is 17.8 Å². The lowest BCUT2D eigenvalue weighted by Gasteiger charge is -2.26. The third-order valence-corrected chi connectivity index (χ3v) is 6.26. The van der Waals surface area contributed by atoms with Gasteiger partial charge in [-0.2, -0.15) is 5.10 Å². The van der Waals surface area contributed by atoms with E-state index in [-0.39, 0.29) is 5.82 Å². The Morgan fingerprint density at radius 3 is 2.70 bits per heavy atom. The van der Waals surface area contributed by atoms with Crippen LogP contribution < -0.4 is 5.32 Å². The maximum atomic E-state index is 14.4. The zero-order chi connectivity index (χ0) is 22.8. The zero-order valence-electron chi connectivity index (χ0n) is 19.1. The fourth-order valence-electron chi connectivity index (χ4n) is 4.45. The Bertz CT molecular complexity index is 1260. The van der Waals surface area contributed by atoms with Gasteiger partial charge in [0, 0.05) is 50.5 Å². The molecule has 0 amide bonds. The molecule has 0 spiro atoms. The number of nitrogens with one attached hydrogen (secondary N) is 1. The second-order valence-electron chi connectivity index (χ2n) is 8.47. The van der Waals surface area contributed by atoms with E-state index in [0.29, 0.717) is 5.69 Å². The van der Waals surface area contributed by atoms with Crippen LogP contribution in [0, 0.1) is 5.82 Å². The molecule has 33 heavy (non-hydrogen) atoms. The van der Waals surface area contributed by atoms with Gasteiger partial charge in [0.05, 0.1) is 36.5 Å². The average Bonchev–Trinajstić information content (AvgIpc) is 3.43. The molecule has 1 N–H and O–H groups in total. The highest BCUT2D eigenvalue weighted by molar-refractivity contribution is 5.85. The third kappa shape index (κ3) is 4.49. The summed E-state index contributed by atoms with van der Waals surface area (Å²) in [6, 6.07) is 9.26. The van der Waals surface area contributed by atoms with Crippen molar-refractivity contribution < 1.29 is 9.13 Å². The summed E-state index contributed by atoms with van der Waals surface area (Å²) < 4.78 is 23.7. The van der Waals surface area contributed by atoms with E-state index in [1.165, 1.54) is 11.6 Å². The van der Waals surface area contributed by atoms with Crippen LogP contribution in [0.15, 0.2) is 48.9 Å². The second kappa shape index (κ2) is 9.33. The summed E-state index contributed by atoms with van der Waals surface area (Å²) in [5.74, 6) is -0.289. The predicted molar refractivity (Wildman–Crippen MR) is 128 cm³/mol. The number of hydrogen-bond donors (Lipinski definition) is 1. The Labute approximate surface area is 192 Å². The van der Waals surface area contributed by atoms with Crippen LogP contribution in [-0.2, 0) is 18.2 Å². The van der Waals surface area contributed by atoms with E-state index >= 15 is 0 Å². The van der Waals surface area contributed by atoms with Crippen molar-refractivity contribution in [1.29, 1.82) is 0 Å². The van der Waals surface area contributed by atoms with E-state index in [9.17, 15) is 4.39 Å². The van der Waals surface area contributed by atoms with Crippen molar-refractivity contribution in [3.8, 4) is 16.9 Å². The Morgan fingerprint density at radius 1 is 1.12 bits per heavy atom. The van der Waals surface area contributed by atoms with E-state index in [0.717, 1.165) is 73.7 Å². The number of aryl methyl sites for hydroxylation is 2. The van der Waals surface area contributed by atoms with Gasteiger partial charge in [-0.1, -0.05) is 6.07 Å². The molecule has 7 nitrogen and oxygen atoms in total. The molecule has 1 aliphatic heterocycles. The molecule has 0 saturated carbocycles. The van der Waals surface area contributed by atoms with Gasteiger partial charge < -0.3 is 10.1 Å². The summed E-state index contributed by atoms with van der Waals surface area (Å²) in [6.45, 7) is 4.72. The quantitative estimate of drug-likeness (QED) is 0.465. The minimum atomic E-state index is -0.289. The normalized spacial score (nSPS) is 14.8. The molecule has 1 aromatic carbocycles. The van der Waals surface area contributed by atoms with Gasteiger partial charge in [0.25, 0.3) is 0 Å². The van der Waals surface area contributed by atoms with Gasteiger partial charge in [-0.05, 0) is 49.2 Å². The van der Waals surface area contributed by atoms with E-state index in [1.807, 2.05) is 31.6 Å². The molecule has 8 heteroatoms. The van der Waals surface area contributed by atoms with Gasteiger partial charge in [0.1, 0.15) is 11.5 Å². The van der Waals surface area contributed by atoms with Gasteiger partial charge in [0.2, 0.25) is 0 Å². The number of nitrogens with zero attached hydrogens (tertiary/aromatic N) is 5. The summed E-state index contributed by atoms with van der Waals surface area (Å²) in [5, 5.41) is 8.32. The Morgan fingerprint density at radius 2 is 1.97 bits per heavy atom. The molecule has 3 aromatic heterocycles. The summed E-state index contributed by atoms with van der Waals surface area (Å²) in [7, 11) is 3.62. The molecule has 0 bridgehead atoms. The number of anilines is 1. The van der Waals surface area contributed by atoms with E-state index < -0.39 is 0 Å². The fourth-order valence-corrected chi connectivity index (χ4v) is 4.45. The number of aromatic nitrogens is 4. The smallest absolute Gasteiger partial charge is 0.146 e. The average molecular weight is 449 g/mol. The standard InChI is InChI=1S/C25H29FN6O/c1-27-24-7-5-18(14-22(24)26)23-8-6-21-19(4-3-9-31-10-12-33-13-11-31)16-32(25(21)29-23)20-15-28-30(2)17-20/h5-8,14-17,27H,3-4,9-13H2,1-2H3. The molecule has 1 aliphatic rings. The molecule has 0 radical (unpaired) electrons. The van der Waals surface area contributed by atoms with Crippen LogP contribution in [0.25, 0.3) is 28.0 Å². The fraction of sp³-hybridized carbons (Fsp3) is 0.360. The first-order valence-electron chi connectivity index (χ1n) is 11.4. The molecule has 5 rings (SSSR count). The molecular weight excluding hydrogens is 419 g/mol. The van der Waals surface area contributed by atoms with Crippen LogP contribution in [0.2, 0.25) is 0 Å². The SMILES string of the molecule is CNc1ccc(-c2ccc3c(CCCN4CCOCC4)cn(-c4cnn(C)c4)c3n2)cc1F. The van der Waals surface area contributed by atoms with Crippen LogP contribution in [0.1, 0.15) is 12.0 Å². The molecule has 0 aliphatic carbocycles. The first kappa shape index (κ1) is 21.6. The summed E-state index contributed by atoms with van der Waals surface area (Å²) >= 11 is 0. The van der Waals surface area contributed by atoms with Crippen LogP contribution in [-0.4, -0.2) is 64.1 Å². The number of pyridine rings is 1. The van der Waals surface area contributed by atoms with Crippen molar-refractivity contribution in [3.63, 3.8) is 0 Å². The predicted octanol–water partition coefficient (Wildman–Crippen LogP) is 3.87. The zero-order valence-corrected chi connectivity index (χ0v) is 19.1. The highest BCUT2D eigenvalue weighted by atomic mass is 19.1. The van der Waals surface area contributed by atoms with Crippen molar-refractivity contribution in [3.05, 3.63) is 60.3 Å². The van der Waals surface area contributed by atoms with E-state index in [2.05, 4.69) is 32.1 Å². The molecular formula is C25H29FN6O. The first-order valence-corrected chi connectivity index (χ1v) is 11.4. The van der Waals surface area contributed by atoms with Crippen molar-refractivity contribution >= 4 is 16.7 Å². The summed E-state index contributed by atoms with van der Waals surface area (Å²) in [4.78, 5) is 7.42. The van der Waals surface area contributed by atoms with Crippen molar-refractivity contribution in [1.82, 2.24) is 24.2 Å². The number of ether oxygens (including phenoxy) is 1. The number of rotatable bonds is 7. The van der Waals surface area contributed by atoms with Crippen molar-refractivity contribution in [2.75, 3.05) is 45.2 Å². The highest BCUT2D eigenvalue weighted by Gasteiger charge is 2.16. The Hall–Kier alpha value is -3.23. The van der Waals surface area contributed by atoms with Gasteiger partial charge >= 0.3 is 0 Å². The Kier molecular flexibility index (Phi) is 6.11. The van der Waals surface area contributed by atoms with Crippen LogP contribution >= 0.6 is 0 Å². The minimum Gasteiger partial charge on any atom is -0.386 e. The molecule has 172 valence electrons. The maximum absolute atomic E-state index is 14.4. The molecule has 1 fully saturated rings. The van der Waals surface area contributed by atoms with Gasteiger partial charge in [-0.25, -0.2) is 9.37 Å². The van der Waals surface area contributed by atoms with Crippen LogP contribution in [0.5, 0.6) is 0 Å². The summed E-state index contributed by atoms with van der Waals surface area (Å²) in [5.41, 5.74) is 5.05. The van der Waals surface area contributed by atoms with Crippen molar-refractivity contribution in [2.45, 2.75) is 12.8 Å². The number of fused-ring (bicyclic) bond motifs is 1. The molecule has 0 atom stereocenters. The van der Waals surface area contributed by atoms with Crippen LogP contribution in [0.4, 0.5) is 10.1 Å². The summed E-state index contributed by atoms with van der Waals surface area (Å²) in [6.07, 6.45) is 8.03. The monoisotopic (exact) mass is 448 g/mol. The van der Waals surface area contributed by atoms with Crippen molar-refractivity contribution in [2.24, 2.45) is 7.05 Å². The minimum absolute atomic E-state index is 0.289. The van der Waals surface area contributed by atoms with Crippen LogP contribution in [0.3, 0.4) is 0 Å². The Balaban J connectivity index is 1.48. The third-order valence-electron chi connectivity index (χ3n) is 6.26. The largest absolute Gasteiger partial charge is 0.386 e. The molecule has 1 saturated heterocycles. The van der Waals surface area contributed by atoms with E-state index in [4.69, 9.17) is 9.72 Å². The number of morpholine rings is 1. The molecule has 0 unspecified atom stereocenters. The lowest BCUT2D eigenvalue weighted by Crippen LogP contribution is -2.36. The number of hydrogen-bond acceptors (Lipinski definition) is 5. The lowest BCUT2D eigenvalue weighted by atomic mass is 10.1. The number of halogens is 1. The first-order chi connectivity index (χ1) is 16.1. The molecule has 4 heterocycles.